The van der Waals surface area contributed by atoms with Crippen molar-refractivity contribution in [3.8, 4) is 11.5 Å². The molecule has 1 atom stereocenters. The van der Waals surface area contributed by atoms with Crippen LogP contribution in [-0.2, 0) is 14.9 Å². The van der Waals surface area contributed by atoms with Gasteiger partial charge in [-0.3, -0.25) is 9.59 Å². The van der Waals surface area contributed by atoms with Gasteiger partial charge in [0.2, 0.25) is 5.89 Å². The molecule has 0 aliphatic heterocycles. The summed E-state index contributed by atoms with van der Waals surface area (Å²) in [5.74, 6) is -0.398. The van der Waals surface area contributed by atoms with Crippen molar-refractivity contribution in [2.24, 2.45) is 0 Å². The Labute approximate surface area is 181 Å². The molecule has 1 N–H and O–H groups in total. The van der Waals surface area contributed by atoms with Crippen molar-refractivity contribution in [2.75, 3.05) is 6.54 Å². The SMILES string of the molecule is Cc1ccc(-c2nnc([C@H](C)OC(=O)CNC(=O)c3ccc(C(C)(C)C)cc3)o2)cc1. The summed E-state index contributed by atoms with van der Waals surface area (Å²) in [5, 5.41) is 10.5. The van der Waals surface area contributed by atoms with Crippen LogP contribution in [0.1, 0.15) is 61.2 Å². The lowest BCUT2D eigenvalue weighted by Crippen LogP contribution is -2.31. The first-order chi connectivity index (χ1) is 14.6. The third-order valence-electron chi connectivity index (χ3n) is 4.80. The molecule has 2 aromatic carbocycles. The second kappa shape index (κ2) is 9.12. The highest BCUT2D eigenvalue weighted by atomic mass is 16.6. The van der Waals surface area contributed by atoms with E-state index in [-0.39, 0.29) is 23.8 Å². The summed E-state index contributed by atoms with van der Waals surface area (Å²) in [7, 11) is 0. The third kappa shape index (κ3) is 5.78. The number of ether oxygens (including phenoxy) is 1. The molecule has 7 heteroatoms. The molecular weight excluding hydrogens is 394 g/mol. The zero-order valence-corrected chi connectivity index (χ0v) is 18.4. The predicted molar refractivity (Wildman–Crippen MR) is 116 cm³/mol. The van der Waals surface area contributed by atoms with Crippen molar-refractivity contribution in [3.05, 3.63) is 71.1 Å². The van der Waals surface area contributed by atoms with Crippen LogP contribution in [0, 0.1) is 6.92 Å². The Morgan fingerprint density at radius 3 is 2.29 bits per heavy atom. The van der Waals surface area contributed by atoms with Crippen LogP contribution < -0.4 is 5.32 Å². The molecule has 3 aromatic rings. The van der Waals surface area contributed by atoms with Crippen LogP contribution in [0.15, 0.2) is 52.9 Å². The fourth-order valence-corrected chi connectivity index (χ4v) is 2.88. The van der Waals surface area contributed by atoms with Gasteiger partial charge in [-0.2, -0.15) is 0 Å². The first-order valence-corrected chi connectivity index (χ1v) is 10.1. The van der Waals surface area contributed by atoms with E-state index < -0.39 is 12.1 Å². The number of rotatable bonds is 6. The molecular formula is C24H27N3O4. The minimum absolute atomic E-state index is 0.00299. The number of aryl methyl sites for hydroxylation is 1. The number of benzene rings is 2. The second-order valence-electron chi connectivity index (χ2n) is 8.45. The van der Waals surface area contributed by atoms with E-state index in [1.165, 1.54) is 0 Å². The van der Waals surface area contributed by atoms with E-state index in [1.54, 1.807) is 19.1 Å². The molecule has 31 heavy (non-hydrogen) atoms. The van der Waals surface area contributed by atoms with Crippen molar-refractivity contribution in [1.29, 1.82) is 0 Å². The van der Waals surface area contributed by atoms with E-state index >= 15 is 0 Å². The first kappa shape index (κ1) is 22.2. The topological polar surface area (TPSA) is 94.3 Å². The molecule has 0 aliphatic carbocycles. The largest absolute Gasteiger partial charge is 0.451 e. The van der Waals surface area contributed by atoms with E-state index in [4.69, 9.17) is 9.15 Å². The Bertz CT molecular complexity index is 1050. The highest BCUT2D eigenvalue weighted by molar-refractivity contribution is 5.95. The van der Waals surface area contributed by atoms with Crippen LogP contribution in [0.5, 0.6) is 0 Å². The van der Waals surface area contributed by atoms with Gasteiger partial charge < -0.3 is 14.5 Å². The summed E-state index contributed by atoms with van der Waals surface area (Å²) in [6, 6.07) is 15.0. The molecule has 162 valence electrons. The van der Waals surface area contributed by atoms with Gasteiger partial charge in [0.25, 0.3) is 11.8 Å². The molecule has 1 amide bonds. The van der Waals surface area contributed by atoms with E-state index in [2.05, 4.69) is 36.3 Å². The van der Waals surface area contributed by atoms with Gasteiger partial charge in [0.1, 0.15) is 6.54 Å². The number of amides is 1. The molecule has 0 aliphatic rings. The zero-order valence-electron chi connectivity index (χ0n) is 18.4. The maximum Gasteiger partial charge on any atom is 0.326 e. The van der Waals surface area contributed by atoms with Crippen LogP contribution >= 0.6 is 0 Å². The van der Waals surface area contributed by atoms with E-state index in [9.17, 15) is 9.59 Å². The molecule has 0 saturated carbocycles. The summed E-state index contributed by atoms with van der Waals surface area (Å²) in [4.78, 5) is 24.4. The molecule has 0 bridgehead atoms. The molecule has 0 radical (unpaired) electrons. The number of hydrogen-bond acceptors (Lipinski definition) is 6. The molecule has 0 spiro atoms. The zero-order chi connectivity index (χ0) is 22.6. The van der Waals surface area contributed by atoms with Crippen LogP contribution in [0.25, 0.3) is 11.5 Å². The Hall–Kier alpha value is -3.48. The second-order valence-corrected chi connectivity index (χ2v) is 8.45. The van der Waals surface area contributed by atoms with Crippen LogP contribution in [-0.4, -0.2) is 28.6 Å². The monoisotopic (exact) mass is 421 g/mol. The van der Waals surface area contributed by atoms with Crippen LogP contribution in [0.3, 0.4) is 0 Å². The predicted octanol–water partition coefficient (Wildman–Crippen LogP) is 4.38. The van der Waals surface area contributed by atoms with Crippen molar-refractivity contribution in [3.63, 3.8) is 0 Å². The summed E-state index contributed by atoms with van der Waals surface area (Å²) >= 11 is 0. The molecule has 0 unspecified atom stereocenters. The number of aromatic nitrogens is 2. The number of carbonyl (C=O) groups is 2. The van der Waals surface area contributed by atoms with E-state index in [1.807, 2.05) is 43.3 Å². The maximum absolute atomic E-state index is 12.3. The first-order valence-electron chi connectivity index (χ1n) is 10.1. The fraction of sp³-hybridized carbons (Fsp3) is 0.333. The average Bonchev–Trinajstić information content (AvgIpc) is 3.22. The fourth-order valence-electron chi connectivity index (χ4n) is 2.88. The molecule has 1 heterocycles. The molecule has 1 aromatic heterocycles. The summed E-state index contributed by atoms with van der Waals surface area (Å²) in [6.07, 6.45) is -0.734. The number of hydrogen-bond donors (Lipinski definition) is 1. The minimum atomic E-state index is -0.734. The molecule has 0 saturated heterocycles. The Kier molecular flexibility index (Phi) is 6.53. The van der Waals surface area contributed by atoms with Gasteiger partial charge in [0.05, 0.1) is 0 Å². The molecule has 7 nitrogen and oxygen atoms in total. The highest BCUT2D eigenvalue weighted by Gasteiger charge is 2.20. The summed E-state index contributed by atoms with van der Waals surface area (Å²) in [5.41, 5.74) is 3.52. The van der Waals surface area contributed by atoms with Crippen LogP contribution in [0.4, 0.5) is 0 Å². The lowest BCUT2D eigenvalue weighted by molar-refractivity contribution is -0.148. The van der Waals surface area contributed by atoms with E-state index in [0.717, 1.165) is 16.7 Å². The van der Waals surface area contributed by atoms with Crippen molar-refractivity contribution in [2.45, 2.75) is 46.1 Å². The van der Waals surface area contributed by atoms with Crippen LogP contribution in [0.2, 0.25) is 0 Å². The van der Waals surface area contributed by atoms with E-state index in [0.29, 0.717) is 11.5 Å². The van der Waals surface area contributed by atoms with Crippen molar-refractivity contribution in [1.82, 2.24) is 15.5 Å². The highest BCUT2D eigenvalue weighted by Crippen LogP contribution is 2.23. The lowest BCUT2D eigenvalue weighted by Gasteiger charge is -2.19. The third-order valence-corrected chi connectivity index (χ3v) is 4.80. The van der Waals surface area contributed by atoms with Gasteiger partial charge in [0.15, 0.2) is 6.10 Å². The molecule has 0 fully saturated rings. The summed E-state index contributed by atoms with van der Waals surface area (Å²) < 4.78 is 10.9. The number of esters is 1. The van der Waals surface area contributed by atoms with Gasteiger partial charge in [-0.1, -0.05) is 50.6 Å². The lowest BCUT2D eigenvalue weighted by atomic mass is 9.87. The number of nitrogens with zero attached hydrogens (tertiary/aromatic N) is 2. The van der Waals surface area contributed by atoms with Gasteiger partial charge in [-0.25, -0.2) is 0 Å². The Morgan fingerprint density at radius 2 is 1.68 bits per heavy atom. The maximum atomic E-state index is 12.3. The van der Waals surface area contributed by atoms with Crippen molar-refractivity contribution < 1.29 is 18.7 Å². The average molecular weight is 421 g/mol. The number of carbonyl (C=O) groups excluding carboxylic acids is 2. The van der Waals surface area contributed by atoms with Crippen molar-refractivity contribution >= 4 is 11.9 Å². The van der Waals surface area contributed by atoms with Gasteiger partial charge in [-0.15, -0.1) is 10.2 Å². The van der Waals surface area contributed by atoms with Gasteiger partial charge in [-0.05, 0) is 49.1 Å². The Balaban J connectivity index is 1.52. The normalized spacial score (nSPS) is 12.3. The number of nitrogens with one attached hydrogen (secondary N) is 1. The quantitative estimate of drug-likeness (QED) is 0.594. The smallest absolute Gasteiger partial charge is 0.326 e. The molecule has 3 rings (SSSR count). The standard InChI is InChI=1S/C24H27N3O4/c1-15-6-8-18(9-7-15)23-27-26-22(31-23)16(2)30-20(28)14-25-21(29)17-10-12-19(13-11-17)24(3,4)5/h6-13,16H,14H2,1-5H3,(H,25,29)/t16-/m0/s1. The van der Waals surface area contributed by atoms with Gasteiger partial charge in [0, 0.05) is 11.1 Å². The van der Waals surface area contributed by atoms with Gasteiger partial charge >= 0.3 is 5.97 Å². The minimum Gasteiger partial charge on any atom is -0.451 e. The Morgan fingerprint density at radius 1 is 1.03 bits per heavy atom. The summed E-state index contributed by atoms with van der Waals surface area (Å²) in [6.45, 7) is 9.68.